The number of rotatable bonds is 14. The second kappa shape index (κ2) is 16.5. The molecule has 5 rings (SSSR count). The molecule has 60 heavy (non-hydrogen) atoms. The van der Waals surface area contributed by atoms with Gasteiger partial charge in [-0.15, -0.1) is 10.2 Å². The summed E-state index contributed by atoms with van der Waals surface area (Å²) >= 11 is 0. The van der Waals surface area contributed by atoms with Gasteiger partial charge < -0.3 is 15.5 Å². The maximum Gasteiger partial charge on any atom is 0.325 e. The zero-order valence-electron chi connectivity index (χ0n) is 28.9. The van der Waals surface area contributed by atoms with Gasteiger partial charge in [-0.3, -0.25) is 59.8 Å². The molecule has 28 nitrogen and oxygen atoms in total. The molecule has 1 aliphatic carbocycles. The van der Waals surface area contributed by atoms with Gasteiger partial charge in [-0.1, -0.05) is 0 Å². The maximum atomic E-state index is 12.6. The van der Waals surface area contributed by atoms with Crippen molar-refractivity contribution in [3.8, 4) is 11.5 Å². The predicted molar refractivity (Wildman–Crippen MR) is 200 cm³/mol. The Morgan fingerprint density at radius 2 is 1.25 bits per heavy atom. The highest BCUT2D eigenvalue weighted by atomic mass is 32.2. The number of nitrogens with one attached hydrogen (secondary N) is 2. The second-order valence-electron chi connectivity index (χ2n) is 11.4. The Kier molecular flexibility index (Phi) is 11.8. The quantitative estimate of drug-likeness (QED) is 0.0169. The van der Waals surface area contributed by atoms with E-state index in [1.807, 2.05) is 0 Å². The standard InChI is InChI=1S/C30H19N11O17S2/c42-28-20(10-18(39(47)48)11-24(28)41(51)52)35-36-22-13-21(29(43)27(30(22)44)37-33-16-5-8-23(40(49)50)26(9-16)60(56,57)58)34-32-15-3-1-14(2-4-15)31-19-7-6-17(38(45)46)12-25(19)59(53,54)55/h1-13,31,36,43-44H,(H,53,54,55)(H,56,57,58)/b34-32?,35-20-,37-33?. The number of azo groups is 2. The zero-order valence-corrected chi connectivity index (χ0v) is 30.6. The SMILES string of the molecule is O=C1C([N+](=O)[O-])=CC([N+](=O)[O-])=C/C1=N/Nc1cc(N=Nc2ccc(Nc3ccc([N+](=O)[O-])cc3S(=O)(=O)O)cc2)c(O)c(N=Nc2ccc([N+](=O)[O-])c(S(=O)(=O)O)c2)c1O. The third-order valence-electron chi connectivity index (χ3n) is 7.52. The first-order chi connectivity index (χ1) is 28.0. The van der Waals surface area contributed by atoms with Crippen molar-refractivity contribution in [2.24, 2.45) is 25.6 Å². The van der Waals surface area contributed by atoms with Gasteiger partial charge in [-0.2, -0.15) is 32.2 Å². The summed E-state index contributed by atoms with van der Waals surface area (Å²) in [6, 6.07) is 10.7. The van der Waals surface area contributed by atoms with Gasteiger partial charge in [0.2, 0.25) is 0 Å². The lowest BCUT2D eigenvalue weighted by atomic mass is 10.1. The third-order valence-corrected chi connectivity index (χ3v) is 9.30. The number of carbonyl (C=O) groups is 1. The summed E-state index contributed by atoms with van der Waals surface area (Å²) in [5.74, 6) is -3.47. The van der Waals surface area contributed by atoms with Crippen LogP contribution in [0.2, 0.25) is 0 Å². The minimum atomic E-state index is -5.19. The van der Waals surface area contributed by atoms with E-state index < -0.39 is 118 Å². The fourth-order valence-electron chi connectivity index (χ4n) is 4.77. The molecule has 0 aliphatic heterocycles. The molecule has 30 heteroatoms. The van der Waals surface area contributed by atoms with Crippen molar-refractivity contribution < 1.29 is 60.6 Å². The van der Waals surface area contributed by atoms with Gasteiger partial charge in [-0.05, 0) is 48.5 Å². The number of nitro benzene ring substituents is 2. The summed E-state index contributed by atoms with van der Waals surface area (Å²) in [4.78, 5) is 51.5. The highest BCUT2D eigenvalue weighted by Crippen LogP contribution is 2.49. The molecule has 6 N–H and O–H groups in total. The largest absolute Gasteiger partial charge is 0.504 e. The van der Waals surface area contributed by atoms with Crippen LogP contribution >= 0.6 is 0 Å². The molecule has 308 valence electrons. The average Bonchev–Trinajstić information content (AvgIpc) is 3.17. The number of nitrogens with zero attached hydrogens (tertiary/aromatic N) is 9. The fourth-order valence-corrected chi connectivity index (χ4v) is 6.11. The van der Waals surface area contributed by atoms with Crippen LogP contribution in [0, 0.1) is 40.5 Å². The molecule has 0 bridgehead atoms. The summed E-state index contributed by atoms with van der Waals surface area (Å²) < 4.78 is 66.4. The van der Waals surface area contributed by atoms with Crippen LogP contribution < -0.4 is 10.7 Å². The van der Waals surface area contributed by atoms with E-state index in [1.54, 1.807) is 0 Å². The van der Waals surface area contributed by atoms with Gasteiger partial charge >= 0.3 is 15.8 Å². The molecule has 0 saturated carbocycles. The Bertz CT molecular complexity index is 2930. The van der Waals surface area contributed by atoms with Crippen molar-refractivity contribution in [1.29, 1.82) is 0 Å². The van der Waals surface area contributed by atoms with Gasteiger partial charge in [0, 0.05) is 30.0 Å². The Balaban J connectivity index is 1.55. The summed E-state index contributed by atoms with van der Waals surface area (Å²) in [6.45, 7) is 0. The van der Waals surface area contributed by atoms with Crippen molar-refractivity contribution >= 4 is 82.9 Å². The van der Waals surface area contributed by atoms with Crippen LogP contribution in [-0.2, 0) is 25.0 Å². The van der Waals surface area contributed by atoms with E-state index in [4.69, 9.17) is 0 Å². The monoisotopic (exact) mass is 869 g/mol. The highest BCUT2D eigenvalue weighted by molar-refractivity contribution is 7.86. The number of non-ortho nitro benzene ring substituents is 1. The molecule has 0 aromatic heterocycles. The smallest absolute Gasteiger partial charge is 0.325 e. The number of hydrogen-bond donors (Lipinski definition) is 6. The number of hydrogen-bond acceptors (Lipinski definition) is 22. The van der Waals surface area contributed by atoms with Crippen molar-refractivity contribution in [1.82, 2.24) is 0 Å². The van der Waals surface area contributed by atoms with Crippen LogP contribution in [0.25, 0.3) is 0 Å². The van der Waals surface area contributed by atoms with E-state index in [-0.39, 0.29) is 17.1 Å². The topological polar surface area (TPSA) is 425 Å². The van der Waals surface area contributed by atoms with Crippen LogP contribution in [-0.4, -0.2) is 67.3 Å². The molecule has 4 aromatic carbocycles. The van der Waals surface area contributed by atoms with Crippen LogP contribution in [0.3, 0.4) is 0 Å². The van der Waals surface area contributed by atoms with E-state index >= 15 is 0 Å². The van der Waals surface area contributed by atoms with Gasteiger partial charge in [-0.25, -0.2) is 0 Å². The summed E-state index contributed by atoms with van der Waals surface area (Å²) in [5, 5.41) is 88.5. The van der Waals surface area contributed by atoms with E-state index in [0.29, 0.717) is 30.4 Å². The first-order valence-corrected chi connectivity index (χ1v) is 18.3. The Labute approximate surface area is 331 Å². The van der Waals surface area contributed by atoms with Crippen LogP contribution in [0.15, 0.2) is 126 Å². The lowest BCUT2D eigenvalue weighted by Crippen LogP contribution is -2.25. The van der Waals surface area contributed by atoms with Crippen molar-refractivity contribution in [2.75, 3.05) is 10.7 Å². The molecule has 0 saturated heterocycles. The molecule has 4 aromatic rings. The van der Waals surface area contributed by atoms with Crippen molar-refractivity contribution in [3.05, 3.63) is 131 Å². The number of benzene rings is 4. The summed E-state index contributed by atoms with van der Waals surface area (Å²) in [5.41, 5.74) is -5.26. The number of hydrazone groups is 1. The molecule has 0 unspecified atom stereocenters. The predicted octanol–water partition coefficient (Wildman–Crippen LogP) is 5.65. The summed E-state index contributed by atoms with van der Waals surface area (Å²) in [6.07, 6.45) is 0.948. The number of anilines is 3. The number of phenolic OH excluding ortho intramolecular Hbond substituents is 2. The van der Waals surface area contributed by atoms with E-state index in [9.17, 15) is 81.4 Å². The van der Waals surface area contributed by atoms with Gasteiger partial charge in [0.15, 0.2) is 22.1 Å². The van der Waals surface area contributed by atoms with Crippen LogP contribution in [0.4, 0.5) is 51.2 Å². The number of ketones is 1. The number of phenols is 2. The highest BCUT2D eigenvalue weighted by Gasteiger charge is 2.35. The lowest BCUT2D eigenvalue weighted by Gasteiger charge is -2.11. The molecule has 0 radical (unpaired) electrons. The number of nitro groups is 4. The number of Topliss-reactive ketones (excluding diaryl/α,β-unsaturated/α-hetero) is 1. The van der Waals surface area contributed by atoms with E-state index in [1.165, 1.54) is 24.3 Å². The molecule has 0 fully saturated rings. The van der Waals surface area contributed by atoms with Crippen LogP contribution in [0.1, 0.15) is 0 Å². The van der Waals surface area contributed by atoms with Gasteiger partial charge in [0.1, 0.15) is 22.0 Å². The summed E-state index contributed by atoms with van der Waals surface area (Å²) in [7, 11) is -10.1. The van der Waals surface area contributed by atoms with E-state index in [0.717, 1.165) is 24.3 Å². The number of carbonyl (C=O) groups excluding carboxylic acids is 1. The first-order valence-electron chi connectivity index (χ1n) is 15.5. The fraction of sp³-hybridized carbons (Fsp3) is 0. The minimum Gasteiger partial charge on any atom is -0.504 e. The Morgan fingerprint density at radius 1 is 0.617 bits per heavy atom. The van der Waals surface area contributed by atoms with Gasteiger partial charge in [0.25, 0.3) is 33.0 Å². The molecular formula is C30H19N11O17S2. The number of allylic oxidation sites excluding steroid dienone is 3. The van der Waals surface area contributed by atoms with Crippen molar-refractivity contribution in [3.63, 3.8) is 0 Å². The zero-order chi connectivity index (χ0) is 44.3. The van der Waals surface area contributed by atoms with Crippen molar-refractivity contribution in [2.45, 2.75) is 9.79 Å². The molecule has 1 aliphatic rings. The molecule has 0 atom stereocenters. The van der Waals surface area contributed by atoms with Crippen LogP contribution in [0.5, 0.6) is 11.5 Å². The molecule has 0 amide bonds. The number of aromatic hydroxyl groups is 2. The molecular weight excluding hydrogens is 851 g/mol. The second-order valence-corrected chi connectivity index (χ2v) is 14.2. The first kappa shape index (κ1) is 42.7. The minimum absolute atomic E-state index is 0.0117. The maximum absolute atomic E-state index is 12.6. The Morgan fingerprint density at radius 3 is 1.83 bits per heavy atom. The third kappa shape index (κ3) is 9.54. The van der Waals surface area contributed by atoms with E-state index in [2.05, 4.69) is 36.3 Å². The molecule has 0 heterocycles. The van der Waals surface area contributed by atoms with Gasteiger partial charge in [0.05, 0.1) is 42.8 Å². The normalized spacial score (nSPS) is 13.9. The lowest BCUT2D eigenvalue weighted by molar-refractivity contribution is -0.430. The average molecular weight is 870 g/mol. The Hall–Kier alpha value is -8.48. The molecule has 0 spiro atoms.